The highest BCUT2D eigenvalue weighted by Crippen LogP contribution is 2.23. The van der Waals surface area contributed by atoms with Crippen LogP contribution in [0.5, 0.6) is 0 Å². The summed E-state index contributed by atoms with van der Waals surface area (Å²) in [4.78, 5) is 23.8. The van der Waals surface area contributed by atoms with Crippen molar-refractivity contribution in [3.05, 3.63) is 44.6 Å². The number of amides is 1. The quantitative estimate of drug-likeness (QED) is 0.698. The van der Waals surface area contributed by atoms with Crippen LogP contribution in [-0.4, -0.2) is 36.9 Å². The summed E-state index contributed by atoms with van der Waals surface area (Å²) in [6.45, 7) is 4.99. The smallest absolute Gasteiger partial charge is 0.293 e. The number of rotatable bonds is 4. The fourth-order valence-corrected chi connectivity index (χ4v) is 3.59. The molecule has 0 aliphatic carbocycles. The maximum Gasteiger partial charge on any atom is 0.293 e. The normalized spacial score (nSPS) is 11.0. The summed E-state index contributed by atoms with van der Waals surface area (Å²) in [5.41, 5.74) is 0.891. The third kappa shape index (κ3) is 2.89. The Balaban J connectivity index is 1.87. The Bertz CT molecular complexity index is 828. The van der Waals surface area contributed by atoms with Gasteiger partial charge in [0.15, 0.2) is 0 Å². The molecule has 22 heavy (non-hydrogen) atoms. The van der Waals surface area contributed by atoms with Crippen molar-refractivity contribution in [3.8, 4) is 0 Å². The molecule has 0 spiro atoms. The second-order valence-electron chi connectivity index (χ2n) is 4.76. The first kappa shape index (κ1) is 15.1. The highest BCUT2D eigenvalue weighted by atomic mass is 79.9. The van der Waals surface area contributed by atoms with Crippen LogP contribution in [0.3, 0.4) is 0 Å². The summed E-state index contributed by atoms with van der Waals surface area (Å²) < 4.78 is 2.64. The Kier molecular flexibility index (Phi) is 4.21. The highest BCUT2D eigenvalue weighted by molar-refractivity contribution is 9.11. The predicted octanol–water partition coefficient (Wildman–Crippen LogP) is 2.92. The van der Waals surface area contributed by atoms with Crippen molar-refractivity contribution in [2.45, 2.75) is 20.4 Å². The molecule has 3 aromatic heterocycles. The largest absolute Gasteiger partial charge is 0.331 e. The van der Waals surface area contributed by atoms with E-state index in [1.165, 1.54) is 0 Å². The maximum absolute atomic E-state index is 12.6. The van der Waals surface area contributed by atoms with E-state index >= 15 is 0 Å². The van der Waals surface area contributed by atoms with Crippen LogP contribution in [0.25, 0.3) is 5.78 Å². The molecular formula is C14H14BrN5OS. The fraction of sp³-hybridized carbons (Fsp3) is 0.286. The topological polar surface area (TPSA) is 63.4 Å². The standard InChI is InChI=1S/C14H14BrN5OS/c1-3-19(8-10-4-5-11(15)22-10)13(21)12-17-14-16-7-6-9(2)20(14)18-12/h4-7H,3,8H2,1-2H3. The molecule has 3 heterocycles. The molecule has 0 N–H and O–H groups in total. The molecule has 0 bridgehead atoms. The number of fused-ring (bicyclic) bond motifs is 1. The molecule has 3 rings (SSSR count). The summed E-state index contributed by atoms with van der Waals surface area (Å²) in [5.74, 6) is 0.439. The number of carbonyl (C=O) groups is 1. The maximum atomic E-state index is 12.6. The molecule has 0 unspecified atom stereocenters. The first-order valence-electron chi connectivity index (χ1n) is 6.80. The molecule has 8 heteroatoms. The van der Waals surface area contributed by atoms with Crippen molar-refractivity contribution in [3.63, 3.8) is 0 Å². The second-order valence-corrected chi connectivity index (χ2v) is 7.31. The van der Waals surface area contributed by atoms with Crippen molar-refractivity contribution in [2.24, 2.45) is 0 Å². The molecule has 6 nitrogen and oxygen atoms in total. The SMILES string of the molecule is CCN(Cc1ccc(Br)s1)C(=O)c1nc2nccc(C)n2n1. The Morgan fingerprint density at radius 3 is 2.86 bits per heavy atom. The van der Waals surface area contributed by atoms with E-state index < -0.39 is 0 Å². The van der Waals surface area contributed by atoms with Gasteiger partial charge in [0.25, 0.3) is 11.7 Å². The number of aromatic nitrogens is 4. The molecule has 3 aromatic rings. The zero-order valence-corrected chi connectivity index (χ0v) is 14.6. The van der Waals surface area contributed by atoms with Gasteiger partial charge in [0, 0.05) is 23.3 Å². The minimum Gasteiger partial charge on any atom is -0.331 e. The van der Waals surface area contributed by atoms with Gasteiger partial charge in [-0.15, -0.1) is 16.4 Å². The van der Waals surface area contributed by atoms with Crippen LogP contribution in [0.15, 0.2) is 28.2 Å². The van der Waals surface area contributed by atoms with Gasteiger partial charge in [0.1, 0.15) is 0 Å². The second kappa shape index (κ2) is 6.13. The van der Waals surface area contributed by atoms with Gasteiger partial charge in [0.2, 0.25) is 5.82 Å². The number of nitrogens with zero attached hydrogens (tertiary/aromatic N) is 5. The van der Waals surface area contributed by atoms with Gasteiger partial charge in [-0.2, -0.15) is 4.98 Å². The van der Waals surface area contributed by atoms with E-state index in [0.29, 0.717) is 18.9 Å². The summed E-state index contributed by atoms with van der Waals surface area (Å²) >= 11 is 5.05. The van der Waals surface area contributed by atoms with E-state index in [-0.39, 0.29) is 11.7 Å². The van der Waals surface area contributed by atoms with Gasteiger partial charge in [-0.1, -0.05) is 0 Å². The molecule has 114 valence electrons. The monoisotopic (exact) mass is 379 g/mol. The van der Waals surface area contributed by atoms with Crippen molar-refractivity contribution < 1.29 is 4.79 Å². The van der Waals surface area contributed by atoms with E-state index in [0.717, 1.165) is 14.4 Å². The lowest BCUT2D eigenvalue weighted by Crippen LogP contribution is -2.30. The number of hydrogen-bond donors (Lipinski definition) is 0. The van der Waals surface area contributed by atoms with Gasteiger partial charge >= 0.3 is 0 Å². The number of aryl methyl sites for hydroxylation is 1. The molecule has 0 saturated carbocycles. The lowest BCUT2D eigenvalue weighted by atomic mass is 10.4. The van der Waals surface area contributed by atoms with E-state index in [1.807, 2.05) is 32.0 Å². The van der Waals surface area contributed by atoms with E-state index in [9.17, 15) is 4.79 Å². The van der Waals surface area contributed by atoms with Crippen LogP contribution in [0, 0.1) is 6.92 Å². The number of halogens is 1. The van der Waals surface area contributed by atoms with Crippen LogP contribution >= 0.6 is 27.3 Å². The summed E-state index contributed by atoms with van der Waals surface area (Å²) in [6, 6.07) is 5.82. The van der Waals surface area contributed by atoms with Crippen LogP contribution in [0.1, 0.15) is 28.1 Å². The van der Waals surface area contributed by atoms with Gasteiger partial charge in [-0.05, 0) is 48.0 Å². The molecular weight excluding hydrogens is 366 g/mol. The third-order valence-corrected chi connectivity index (χ3v) is 4.87. The van der Waals surface area contributed by atoms with Crippen molar-refractivity contribution in [2.75, 3.05) is 6.54 Å². The Morgan fingerprint density at radius 2 is 2.23 bits per heavy atom. The van der Waals surface area contributed by atoms with Crippen molar-refractivity contribution in [1.29, 1.82) is 0 Å². The number of carbonyl (C=O) groups excluding carboxylic acids is 1. The molecule has 0 aliphatic rings. The summed E-state index contributed by atoms with van der Waals surface area (Å²) in [5, 5.41) is 4.27. The average molecular weight is 380 g/mol. The van der Waals surface area contributed by atoms with Gasteiger partial charge < -0.3 is 4.90 Å². The zero-order chi connectivity index (χ0) is 15.7. The lowest BCUT2D eigenvalue weighted by molar-refractivity contribution is 0.0742. The minimum absolute atomic E-state index is 0.180. The molecule has 0 saturated heterocycles. The first-order valence-corrected chi connectivity index (χ1v) is 8.41. The van der Waals surface area contributed by atoms with E-state index in [1.54, 1.807) is 26.9 Å². The van der Waals surface area contributed by atoms with Crippen molar-refractivity contribution in [1.82, 2.24) is 24.5 Å². The van der Waals surface area contributed by atoms with Crippen LogP contribution < -0.4 is 0 Å². The molecule has 0 atom stereocenters. The Labute approximate surface area is 139 Å². The molecule has 0 fully saturated rings. The van der Waals surface area contributed by atoms with Gasteiger partial charge in [0.05, 0.1) is 10.3 Å². The molecule has 0 aromatic carbocycles. The minimum atomic E-state index is -0.183. The van der Waals surface area contributed by atoms with Crippen LogP contribution in [0.4, 0.5) is 0 Å². The van der Waals surface area contributed by atoms with Crippen LogP contribution in [0.2, 0.25) is 0 Å². The Hall–Kier alpha value is -1.80. The van der Waals surface area contributed by atoms with E-state index in [4.69, 9.17) is 0 Å². The summed E-state index contributed by atoms with van der Waals surface area (Å²) in [7, 11) is 0. The molecule has 1 amide bonds. The fourth-order valence-electron chi connectivity index (χ4n) is 2.09. The lowest BCUT2D eigenvalue weighted by Gasteiger charge is -2.18. The highest BCUT2D eigenvalue weighted by Gasteiger charge is 2.20. The summed E-state index contributed by atoms with van der Waals surface area (Å²) in [6.07, 6.45) is 1.66. The van der Waals surface area contributed by atoms with E-state index in [2.05, 4.69) is 31.0 Å². The van der Waals surface area contributed by atoms with Crippen molar-refractivity contribution >= 4 is 39.0 Å². The van der Waals surface area contributed by atoms with Crippen LogP contribution in [-0.2, 0) is 6.54 Å². The van der Waals surface area contributed by atoms with Gasteiger partial charge in [-0.25, -0.2) is 9.50 Å². The third-order valence-electron chi connectivity index (χ3n) is 3.27. The number of thiophene rings is 1. The molecule has 0 aliphatic heterocycles. The first-order chi connectivity index (χ1) is 10.6. The van der Waals surface area contributed by atoms with Gasteiger partial charge in [-0.3, -0.25) is 4.79 Å². The Morgan fingerprint density at radius 1 is 1.41 bits per heavy atom. The molecule has 0 radical (unpaired) electrons. The zero-order valence-electron chi connectivity index (χ0n) is 12.2. The predicted molar refractivity (Wildman–Crippen MR) is 88.0 cm³/mol. The average Bonchev–Trinajstić information content (AvgIpc) is 3.11. The number of hydrogen-bond acceptors (Lipinski definition) is 5.